The molecule has 0 amide bonds. The number of halogens is 1. The van der Waals surface area contributed by atoms with Gasteiger partial charge in [-0.1, -0.05) is 34.1 Å². The highest BCUT2D eigenvalue weighted by molar-refractivity contribution is 9.10. The maximum absolute atomic E-state index is 5.83. The molecule has 1 heterocycles. The molecule has 0 aliphatic carbocycles. The smallest absolute Gasteiger partial charge is 0.0490 e. The summed E-state index contributed by atoms with van der Waals surface area (Å²) in [7, 11) is 0. The molecule has 84 valence electrons. The molecule has 0 saturated carbocycles. The van der Waals surface area contributed by atoms with E-state index in [4.69, 9.17) is 5.73 Å². The molecule has 0 bridgehead atoms. The van der Waals surface area contributed by atoms with Crippen LogP contribution in [0.1, 0.15) is 11.5 Å². The van der Waals surface area contributed by atoms with Crippen LogP contribution in [0.25, 0.3) is 0 Å². The number of benzene rings is 1. The molecule has 1 unspecified atom stereocenters. The molecule has 2 rings (SSSR count). The van der Waals surface area contributed by atoms with Crippen molar-refractivity contribution in [2.24, 2.45) is 5.73 Å². The molecule has 16 heavy (non-hydrogen) atoms. The molecule has 0 aliphatic rings. The van der Waals surface area contributed by atoms with Crippen LogP contribution in [0.5, 0.6) is 0 Å². The first kappa shape index (κ1) is 11.4. The molecule has 1 atom stereocenters. The van der Waals surface area contributed by atoms with Crippen LogP contribution in [0.2, 0.25) is 0 Å². The standard InChI is InChI=1S/C12H14BrN3/c13-12-5-2-1-4-11(12)10(8-14)9-16-7-3-6-15-16/h1-7,10H,8-9,14H2. The number of nitrogens with two attached hydrogens (primary N) is 1. The highest BCUT2D eigenvalue weighted by atomic mass is 79.9. The minimum atomic E-state index is 0.287. The molecule has 2 aromatic rings. The maximum atomic E-state index is 5.83. The van der Waals surface area contributed by atoms with E-state index in [1.807, 2.05) is 35.1 Å². The van der Waals surface area contributed by atoms with E-state index in [2.05, 4.69) is 27.1 Å². The fourth-order valence-corrected chi connectivity index (χ4v) is 2.35. The van der Waals surface area contributed by atoms with Crippen LogP contribution in [-0.4, -0.2) is 16.3 Å². The first-order valence-electron chi connectivity index (χ1n) is 5.23. The summed E-state index contributed by atoms with van der Waals surface area (Å²) in [6.45, 7) is 1.43. The van der Waals surface area contributed by atoms with Gasteiger partial charge in [-0.3, -0.25) is 4.68 Å². The van der Waals surface area contributed by atoms with Gasteiger partial charge in [0.25, 0.3) is 0 Å². The fourth-order valence-electron chi connectivity index (χ4n) is 1.74. The molecule has 0 fully saturated rings. The number of hydrogen-bond acceptors (Lipinski definition) is 2. The van der Waals surface area contributed by atoms with Gasteiger partial charge in [0.1, 0.15) is 0 Å². The summed E-state index contributed by atoms with van der Waals surface area (Å²) in [4.78, 5) is 0. The molecule has 0 spiro atoms. The second-order valence-electron chi connectivity index (χ2n) is 3.68. The van der Waals surface area contributed by atoms with Gasteiger partial charge in [-0.25, -0.2) is 0 Å². The van der Waals surface area contributed by atoms with Crippen LogP contribution in [0.4, 0.5) is 0 Å². The van der Waals surface area contributed by atoms with Gasteiger partial charge in [0.05, 0.1) is 0 Å². The van der Waals surface area contributed by atoms with Crippen molar-refractivity contribution in [3.63, 3.8) is 0 Å². The zero-order valence-electron chi connectivity index (χ0n) is 8.88. The van der Waals surface area contributed by atoms with E-state index >= 15 is 0 Å². The van der Waals surface area contributed by atoms with Crippen molar-refractivity contribution in [3.8, 4) is 0 Å². The Hall–Kier alpha value is -1.13. The van der Waals surface area contributed by atoms with E-state index in [-0.39, 0.29) is 5.92 Å². The lowest BCUT2D eigenvalue weighted by molar-refractivity contribution is 0.520. The lowest BCUT2D eigenvalue weighted by Gasteiger charge is -2.16. The van der Waals surface area contributed by atoms with Crippen molar-refractivity contribution >= 4 is 15.9 Å². The van der Waals surface area contributed by atoms with Gasteiger partial charge >= 0.3 is 0 Å². The quantitative estimate of drug-likeness (QED) is 0.934. The van der Waals surface area contributed by atoms with Gasteiger partial charge < -0.3 is 5.73 Å². The van der Waals surface area contributed by atoms with E-state index in [9.17, 15) is 0 Å². The van der Waals surface area contributed by atoms with Crippen molar-refractivity contribution in [2.75, 3.05) is 6.54 Å². The molecule has 2 N–H and O–H groups in total. The number of rotatable bonds is 4. The molecule has 1 aromatic carbocycles. The van der Waals surface area contributed by atoms with E-state index in [0.29, 0.717) is 6.54 Å². The molecular weight excluding hydrogens is 266 g/mol. The normalized spacial score (nSPS) is 12.6. The van der Waals surface area contributed by atoms with Crippen LogP contribution in [0.3, 0.4) is 0 Å². The number of nitrogens with zero attached hydrogens (tertiary/aromatic N) is 2. The van der Waals surface area contributed by atoms with E-state index in [1.54, 1.807) is 6.20 Å². The largest absolute Gasteiger partial charge is 0.330 e. The Bertz CT molecular complexity index is 439. The predicted octanol–water partition coefficient (Wildman–Crippen LogP) is 2.39. The summed E-state index contributed by atoms with van der Waals surface area (Å²) in [5.74, 6) is 0.287. The van der Waals surface area contributed by atoms with E-state index in [0.717, 1.165) is 11.0 Å². The van der Waals surface area contributed by atoms with Crippen molar-refractivity contribution in [1.82, 2.24) is 9.78 Å². The predicted molar refractivity (Wildman–Crippen MR) is 68.2 cm³/mol. The Labute approximate surface area is 103 Å². The van der Waals surface area contributed by atoms with Gasteiger partial charge in [-0.15, -0.1) is 0 Å². The van der Waals surface area contributed by atoms with Crippen LogP contribution < -0.4 is 5.73 Å². The molecule has 0 aliphatic heterocycles. The molecule has 4 heteroatoms. The van der Waals surface area contributed by atoms with E-state index in [1.165, 1.54) is 5.56 Å². The third-order valence-electron chi connectivity index (χ3n) is 2.60. The molecule has 0 saturated heterocycles. The van der Waals surface area contributed by atoms with Crippen molar-refractivity contribution < 1.29 is 0 Å². The summed E-state index contributed by atoms with van der Waals surface area (Å²) in [6.07, 6.45) is 3.74. The maximum Gasteiger partial charge on any atom is 0.0490 e. The first-order valence-corrected chi connectivity index (χ1v) is 6.02. The Kier molecular flexibility index (Phi) is 3.74. The minimum absolute atomic E-state index is 0.287. The lowest BCUT2D eigenvalue weighted by atomic mass is 9.99. The van der Waals surface area contributed by atoms with Crippen LogP contribution in [0, 0.1) is 0 Å². The SMILES string of the molecule is NCC(Cn1cccn1)c1ccccc1Br. The number of aromatic nitrogens is 2. The third-order valence-corrected chi connectivity index (χ3v) is 3.32. The fraction of sp³-hybridized carbons (Fsp3) is 0.250. The monoisotopic (exact) mass is 279 g/mol. The average molecular weight is 280 g/mol. The Morgan fingerprint density at radius 2 is 2.12 bits per heavy atom. The van der Waals surface area contributed by atoms with Crippen molar-refractivity contribution in [3.05, 3.63) is 52.8 Å². The Morgan fingerprint density at radius 1 is 1.31 bits per heavy atom. The number of hydrogen-bond donors (Lipinski definition) is 1. The highest BCUT2D eigenvalue weighted by Crippen LogP contribution is 2.25. The average Bonchev–Trinajstić information content (AvgIpc) is 2.80. The van der Waals surface area contributed by atoms with E-state index < -0.39 is 0 Å². The second-order valence-corrected chi connectivity index (χ2v) is 4.54. The van der Waals surface area contributed by atoms with Gasteiger partial charge in [-0.2, -0.15) is 5.10 Å². The molecular formula is C12H14BrN3. The van der Waals surface area contributed by atoms with Gasteiger partial charge in [0, 0.05) is 35.9 Å². The molecule has 3 nitrogen and oxygen atoms in total. The summed E-state index contributed by atoms with van der Waals surface area (Å²) in [6, 6.07) is 10.1. The first-order chi connectivity index (χ1) is 7.81. The van der Waals surface area contributed by atoms with Crippen molar-refractivity contribution in [2.45, 2.75) is 12.5 Å². The van der Waals surface area contributed by atoms with Gasteiger partial charge in [-0.05, 0) is 17.7 Å². The van der Waals surface area contributed by atoms with Crippen LogP contribution in [0.15, 0.2) is 47.2 Å². The van der Waals surface area contributed by atoms with Crippen molar-refractivity contribution in [1.29, 1.82) is 0 Å². The summed E-state index contributed by atoms with van der Waals surface area (Å²) >= 11 is 3.56. The summed E-state index contributed by atoms with van der Waals surface area (Å²) in [5.41, 5.74) is 7.06. The molecule has 1 aromatic heterocycles. The summed E-state index contributed by atoms with van der Waals surface area (Å²) < 4.78 is 3.02. The molecule has 0 radical (unpaired) electrons. The summed E-state index contributed by atoms with van der Waals surface area (Å²) in [5, 5.41) is 4.20. The Balaban J connectivity index is 2.20. The second kappa shape index (κ2) is 5.27. The van der Waals surface area contributed by atoms with Crippen LogP contribution >= 0.6 is 15.9 Å². The third kappa shape index (κ3) is 2.51. The zero-order chi connectivity index (χ0) is 11.4. The van der Waals surface area contributed by atoms with Crippen LogP contribution in [-0.2, 0) is 6.54 Å². The minimum Gasteiger partial charge on any atom is -0.330 e. The highest BCUT2D eigenvalue weighted by Gasteiger charge is 2.13. The zero-order valence-corrected chi connectivity index (χ0v) is 10.5. The van der Waals surface area contributed by atoms with Gasteiger partial charge in [0.2, 0.25) is 0 Å². The van der Waals surface area contributed by atoms with Gasteiger partial charge in [0.15, 0.2) is 0 Å². The lowest BCUT2D eigenvalue weighted by Crippen LogP contribution is -2.19. The Morgan fingerprint density at radius 3 is 2.75 bits per heavy atom. The topological polar surface area (TPSA) is 43.8 Å².